The molecule has 3 rings (SSSR count). The van der Waals surface area contributed by atoms with Gasteiger partial charge in [-0.05, 0) is 64.3 Å². The topological polar surface area (TPSA) is 64.0 Å². The summed E-state index contributed by atoms with van der Waals surface area (Å²) in [7, 11) is 0. The number of anilines is 1. The molecule has 0 aliphatic rings. The summed E-state index contributed by atoms with van der Waals surface area (Å²) >= 11 is 6.18. The molecule has 5 nitrogen and oxygen atoms in total. The molecule has 0 unspecified atom stereocenters. The van der Waals surface area contributed by atoms with Crippen LogP contribution in [0.5, 0.6) is 0 Å². The summed E-state index contributed by atoms with van der Waals surface area (Å²) in [5.74, 6) is 0.528. The standard InChI is InChI=1S/C20H22BrN3O2S2/c1-12(2)6-8-24-19(26)18-16(7-9-27-18)23-20(24)28-11-17(25)22-15-5-4-13(3)10-14(15)21/h4-5,7,9-10,12H,6,8,11H2,1-3H3,(H,22,25). The second-order valence-electron chi connectivity index (χ2n) is 6.99. The summed E-state index contributed by atoms with van der Waals surface area (Å²) in [5, 5.41) is 5.37. The Labute approximate surface area is 180 Å². The molecule has 148 valence electrons. The van der Waals surface area contributed by atoms with Gasteiger partial charge < -0.3 is 5.32 Å². The van der Waals surface area contributed by atoms with Crippen LogP contribution < -0.4 is 10.9 Å². The molecule has 2 aromatic heterocycles. The summed E-state index contributed by atoms with van der Waals surface area (Å²) in [4.78, 5) is 29.9. The van der Waals surface area contributed by atoms with Gasteiger partial charge >= 0.3 is 0 Å². The minimum Gasteiger partial charge on any atom is -0.324 e. The number of thiophene rings is 1. The van der Waals surface area contributed by atoms with Crippen molar-refractivity contribution < 1.29 is 4.79 Å². The fraction of sp³-hybridized carbons (Fsp3) is 0.350. The number of nitrogens with zero attached hydrogens (tertiary/aromatic N) is 2. The number of aromatic nitrogens is 2. The zero-order valence-electron chi connectivity index (χ0n) is 16.0. The minimum absolute atomic E-state index is 0.0233. The van der Waals surface area contributed by atoms with E-state index >= 15 is 0 Å². The highest BCUT2D eigenvalue weighted by molar-refractivity contribution is 9.10. The molecule has 1 amide bonds. The number of aryl methyl sites for hydroxylation is 1. The third kappa shape index (κ3) is 5.04. The maximum Gasteiger partial charge on any atom is 0.272 e. The first-order valence-corrected chi connectivity index (χ1v) is 11.7. The number of benzene rings is 1. The second kappa shape index (κ2) is 9.24. The van der Waals surface area contributed by atoms with Gasteiger partial charge in [0.15, 0.2) is 5.16 Å². The van der Waals surface area contributed by atoms with Gasteiger partial charge in [0, 0.05) is 11.0 Å². The first kappa shape index (κ1) is 21.1. The quantitative estimate of drug-likeness (QED) is 0.368. The van der Waals surface area contributed by atoms with Crippen molar-refractivity contribution >= 4 is 60.8 Å². The van der Waals surface area contributed by atoms with E-state index in [9.17, 15) is 9.59 Å². The van der Waals surface area contributed by atoms with Crippen molar-refractivity contribution in [1.82, 2.24) is 9.55 Å². The Kier molecular flexibility index (Phi) is 6.95. The number of carbonyl (C=O) groups excluding carboxylic acids is 1. The van der Waals surface area contributed by atoms with E-state index in [1.54, 1.807) is 4.57 Å². The van der Waals surface area contributed by atoms with Crippen molar-refractivity contribution in [2.45, 2.75) is 38.9 Å². The highest BCUT2D eigenvalue weighted by Crippen LogP contribution is 2.25. The van der Waals surface area contributed by atoms with E-state index < -0.39 is 0 Å². The normalized spacial score (nSPS) is 11.3. The first-order chi connectivity index (χ1) is 13.3. The largest absolute Gasteiger partial charge is 0.324 e. The predicted molar refractivity (Wildman–Crippen MR) is 122 cm³/mol. The summed E-state index contributed by atoms with van der Waals surface area (Å²) < 4.78 is 3.22. The molecule has 0 bridgehead atoms. The Morgan fingerprint density at radius 2 is 2.14 bits per heavy atom. The Hall–Kier alpha value is -1.64. The molecule has 0 saturated carbocycles. The van der Waals surface area contributed by atoms with Crippen molar-refractivity contribution in [2.75, 3.05) is 11.1 Å². The number of thioether (sulfide) groups is 1. The Morgan fingerprint density at radius 1 is 1.36 bits per heavy atom. The summed E-state index contributed by atoms with van der Waals surface area (Å²) in [5.41, 5.74) is 2.51. The van der Waals surface area contributed by atoms with Crippen LogP contribution in [0.15, 0.2) is 44.1 Å². The zero-order valence-corrected chi connectivity index (χ0v) is 19.2. The van der Waals surface area contributed by atoms with E-state index in [2.05, 4.69) is 40.1 Å². The fourth-order valence-electron chi connectivity index (χ4n) is 2.66. The van der Waals surface area contributed by atoms with Crippen LogP contribution in [-0.4, -0.2) is 21.2 Å². The molecule has 0 radical (unpaired) electrons. The smallest absolute Gasteiger partial charge is 0.272 e. The number of rotatable bonds is 7. The molecular formula is C20H22BrN3O2S2. The lowest BCUT2D eigenvalue weighted by molar-refractivity contribution is -0.113. The number of hydrogen-bond acceptors (Lipinski definition) is 5. The molecule has 28 heavy (non-hydrogen) atoms. The highest BCUT2D eigenvalue weighted by atomic mass is 79.9. The molecule has 8 heteroatoms. The summed E-state index contributed by atoms with van der Waals surface area (Å²) in [6.07, 6.45) is 0.883. The predicted octanol–water partition coefficient (Wildman–Crippen LogP) is 5.31. The van der Waals surface area contributed by atoms with Crippen molar-refractivity contribution in [3.05, 3.63) is 50.0 Å². The van der Waals surface area contributed by atoms with Crippen LogP contribution >= 0.6 is 39.0 Å². The molecule has 0 saturated heterocycles. The Bertz CT molecular complexity index is 1060. The van der Waals surface area contributed by atoms with E-state index in [1.165, 1.54) is 23.1 Å². The molecular weight excluding hydrogens is 458 g/mol. The molecule has 2 heterocycles. The second-order valence-corrected chi connectivity index (χ2v) is 9.70. The maximum absolute atomic E-state index is 12.8. The van der Waals surface area contributed by atoms with E-state index in [-0.39, 0.29) is 17.2 Å². The molecule has 0 aliphatic heterocycles. The van der Waals surface area contributed by atoms with Crippen LogP contribution in [0.2, 0.25) is 0 Å². The van der Waals surface area contributed by atoms with Gasteiger partial charge in [-0.25, -0.2) is 4.98 Å². The van der Waals surface area contributed by atoms with E-state index in [1.807, 2.05) is 36.6 Å². The third-order valence-corrected chi connectivity index (χ3v) is 6.72. The SMILES string of the molecule is Cc1ccc(NC(=O)CSc2nc3ccsc3c(=O)n2CCC(C)C)c(Br)c1. The number of amides is 1. The van der Waals surface area contributed by atoms with Crippen molar-refractivity contribution in [2.24, 2.45) is 5.92 Å². The van der Waals surface area contributed by atoms with Crippen LogP contribution in [0.4, 0.5) is 5.69 Å². The number of fused-ring (bicyclic) bond motifs is 1. The number of hydrogen-bond donors (Lipinski definition) is 1. The molecule has 3 aromatic rings. The van der Waals surface area contributed by atoms with Gasteiger partial charge in [0.05, 0.1) is 17.0 Å². The van der Waals surface area contributed by atoms with Crippen LogP contribution in [-0.2, 0) is 11.3 Å². The van der Waals surface area contributed by atoms with E-state index in [4.69, 9.17) is 0 Å². The average molecular weight is 480 g/mol. The van der Waals surface area contributed by atoms with Gasteiger partial charge in [-0.2, -0.15) is 0 Å². The maximum atomic E-state index is 12.8. The van der Waals surface area contributed by atoms with Gasteiger partial charge in [0.2, 0.25) is 5.91 Å². The number of nitrogens with one attached hydrogen (secondary N) is 1. The van der Waals surface area contributed by atoms with Crippen molar-refractivity contribution in [3.63, 3.8) is 0 Å². The van der Waals surface area contributed by atoms with Gasteiger partial charge in [-0.1, -0.05) is 31.7 Å². The van der Waals surface area contributed by atoms with Gasteiger partial charge in [0.1, 0.15) is 4.70 Å². The van der Waals surface area contributed by atoms with Crippen LogP contribution in [0.3, 0.4) is 0 Å². The Balaban J connectivity index is 1.77. The number of carbonyl (C=O) groups is 1. The first-order valence-electron chi connectivity index (χ1n) is 9.02. The fourth-order valence-corrected chi connectivity index (χ4v) is 4.85. The van der Waals surface area contributed by atoms with Gasteiger partial charge in [0.25, 0.3) is 5.56 Å². The average Bonchev–Trinajstić information content (AvgIpc) is 3.10. The lowest BCUT2D eigenvalue weighted by Gasteiger charge is -2.13. The van der Waals surface area contributed by atoms with Crippen LogP contribution in [0, 0.1) is 12.8 Å². The zero-order chi connectivity index (χ0) is 20.3. The highest BCUT2D eigenvalue weighted by Gasteiger charge is 2.15. The Morgan fingerprint density at radius 3 is 2.86 bits per heavy atom. The molecule has 0 fully saturated rings. The van der Waals surface area contributed by atoms with Gasteiger partial charge in [-0.15, -0.1) is 11.3 Å². The minimum atomic E-state index is -0.135. The lowest BCUT2D eigenvalue weighted by Crippen LogP contribution is -2.24. The lowest BCUT2D eigenvalue weighted by atomic mass is 10.1. The van der Waals surface area contributed by atoms with Crippen molar-refractivity contribution in [1.29, 1.82) is 0 Å². The molecule has 1 aromatic carbocycles. The summed E-state index contributed by atoms with van der Waals surface area (Å²) in [6.45, 7) is 6.85. The van der Waals surface area contributed by atoms with Gasteiger partial charge in [-0.3, -0.25) is 14.2 Å². The summed E-state index contributed by atoms with van der Waals surface area (Å²) in [6, 6.07) is 7.62. The molecule has 0 atom stereocenters. The number of halogens is 1. The third-order valence-electron chi connectivity index (χ3n) is 4.19. The van der Waals surface area contributed by atoms with Crippen LogP contribution in [0.1, 0.15) is 25.8 Å². The molecule has 1 N–H and O–H groups in total. The van der Waals surface area contributed by atoms with Crippen molar-refractivity contribution in [3.8, 4) is 0 Å². The van der Waals surface area contributed by atoms with Crippen LogP contribution in [0.25, 0.3) is 10.2 Å². The molecule has 0 spiro atoms. The van der Waals surface area contributed by atoms with E-state index in [0.29, 0.717) is 27.8 Å². The van der Waals surface area contributed by atoms with E-state index in [0.717, 1.165) is 22.1 Å². The molecule has 0 aliphatic carbocycles. The monoisotopic (exact) mass is 479 g/mol.